The summed E-state index contributed by atoms with van der Waals surface area (Å²) in [6.45, 7) is 5.84. The molecule has 1 heterocycles. The van der Waals surface area contributed by atoms with Crippen LogP contribution in [0.25, 0.3) is 0 Å². The molecule has 0 aromatic heterocycles. The molecular formula is C33H31NO6. The molecule has 0 spiro atoms. The van der Waals surface area contributed by atoms with Crippen molar-refractivity contribution in [1.82, 2.24) is 0 Å². The number of phenols is 1. The standard InChI is InChI=1S/C33H31NO6/c1-4-18-6-9-20(10-7-18)34-32(38)22-12-11-21-23(29(22)33(34)39)16-24-26(36)14-17(3)31(37)30(24)28(21)19-8-13-25(35)27(15-19)40-5-2/h6-11,13-15,22-23,28-29,35H,4-5,12,16H2,1-3H3/t22-,23+,28-,29-/m0/s1. The number of benzene rings is 2. The van der Waals surface area contributed by atoms with Crippen molar-refractivity contribution in [3.63, 3.8) is 0 Å². The number of Topliss-reactive ketones (excluding diaryl/α,β-unsaturated/α-hetero) is 1. The Bertz CT molecular complexity index is 1560. The molecule has 7 heteroatoms. The molecule has 2 amide bonds. The van der Waals surface area contributed by atoms with E-state index >= 15 is 0 Å². The quantitative estimate of drug-likeness (QED) is 0.328. The first kappa shape index (κ1) is 26.0. The second-order valence-corrected chi connectivity index (χ2v) is 10.9. The summed E-state index contributed by atoms with van der Waals surface area (Å²) in [5.74, 6) is -2.81. The number of allylic oxidation sites excluding steroid dienone is 6. The smallest absolute Gasteiger partial charge is 0.238 e. The first-order chi connectivity index (χ1) is 19.2. The summed E-state index contributed by atoms with van der Waals surface area (Å²) in [5.41, 5.74) is 4.43. The molecule has 0 bridgehead atoms. The number of hydrogen-bond acceptors (Lipinski definition) is 6. The van der Waals surface area contributed by atoms with Crippen LogP contribution in [0.5, 0.6) is 11.5 Å². The minimum Gasteiger partial charge on any atom is -0.504 e. The fourth-order valence-electron chi connectivity index (χ4n) is 6.86. The highest BCUT2D eigenvalue weighted by Crippen LogP contribution is 2.55. The molecule has 0 saturated carbocycles. The monoisotopic (exact) mass is 537 g/mol. The zero-order valence-electron chi connectivity index (χ0n) is 22.8. The van der Waals surface area contributed by atoms with Gasteiger partial charge in [-0.1, -0.05) is 36.8 Å². The van der Waals surface area contributed by atoms with E-state index in [2.05, 4.69) is 0 Å². The maximum Gasteiger partial charge on any atom is 0.238 e. The summed E-state index contributed by atoms with van der Waals surface area (Å²) in [5, 5.41) is 10.4. The first-order valence-corrected chi connectivity index (χ1v) is 13.9. The van der Waals surface area contributed by atoms with Crippen molar-refractivity contribution in [3.05, 3.63) is 88.0 Å². The van der Waals surface area contributed by atoms with Crippen LogP contribution in [0.1, 0.15) is 50.7 Å². The van der Waals surface area contributed by atoms with E-state index in [0.29, 0.717) is 41.0 Å². The lowest BCUT2D eigenvalue weighted by molar-refractivity contribution is -0.123. The topological polar surface area (TPSA) is 101 Å². The van der Waals surface area contributed by atoms with E-state index in [1.807, 2.05) is 44.2 Å². The van der Waals surface area contributed by atoms with Crippen molar-refractivity contribution in [2.45, 2.75) is 46.0 Å². The summed E-state index contributed by atoms with van der Waals surface area (Å²) in [4.78, 5) is 55.8. The van der Waals surface area contributed by atoms with Gasteiger partial charge in [0.2, 0.25) is 11.8 Å². The van der Waals surface area contributed by atoms with E-state index < -0.39 is 23.7 Å². The molecule has 40 heavy (non-hydrogen) atoms. The third-order valence-electron chi connectivity index (χ3n) is 8.78. The van der Waals surface area contributed by atoms with Crippen molar-refractivity contribution >= 4 is 29.1 Å². The van der Waals surface area contributed by atoms with Crippen LogP contribution in [0.2, 0.25) is 0 Å². The van der Waals surface area contributed by atoms with Crippen molar-refractivity contribution in [3.8, 4) is 11.5 Å². The van der Waals surface area contributed by atoms with Crippen LogP contribution in [-0.4, -0.2) is 35.1 Å². The summed E-state index contributed by atoms with van der Waals surface area (Å²) in [6, 6.07) is 12.4. The Balaban J connectivity index is 1.47. The molecule has 1 saturated heterocycles. The molecule has 4 atom stereocenters. The van der Waals surface area contributed by atoms with E-state index in [4.69, 9.17) is 4.74 Å². The van der Waals surface area contributed by atoms with Crippen molar-refractivity contribution in [2.24, 2.45) is 17.8 Å². The Hall–Kier alpha value is -4.26. The van der Waals surface area contributed by atoms with Gasteiger partial charge in [-0.2, -0.15) is 0 Å². The predicted octanol–water partition coefficient (Wildman–Crippen LogP) is 4.99. The lowest BCUT2D eigenvalue weighted by atomic mass is 9.59. The Morgan fingerprint density at radius 3 is 2.42 bits per heavy atom. The molecule has 0 radical (unpaired) electrons. The summed E-state index contributed by atoms with van der Waals surface area (Å²) in [7, 11) is 0. The number of aryl methyl sites for hydroxylation is 1. The second-order valence-electron chi connectivity index (χ2n) is 10.9. The largest absolute Gasteiger partial charge is 0.504 e. The minimum atomic E-state index is -0.631. The molecule has 204 valence electrons. The number of imide groups is 1. The molecule has 7 nitrogen and oxygen atoms in total. The number of nitrogens with zero attached hydrogens (tertiary/aromatic N) is 1. The molecule has 1 aliphatic heterocycles. The van der Waals surface area contributed by atoms with Gasteiger partial charge in [0.25, 0.3) is 0 Å². The Kier molecular flexibility index (Phi) is 6.32. The van der Waals surface area contributed by atoms with Gasteiger partial charge in [0, 0.05) is 22.6 Å². The second kappa shape index (κ2) is 9.73. The molecule has 2 aromatic carbocycles. The van der Waals surface area contributed by atoms with Crippen molar-refractivity contribution in [1.29, 1.82) is 0 Å². The fourth-order valence-corrected chi connectivity index (χ4v) is 6.86. The van der Waals surface area contributed by atoms with Crippen LogP contribution in [0.15, 0.2) is 76.9 Å². The highest BCUT2D eigenvalue weighted by atomic mass is 16.5. The highest BCUT2D eigenvalue weighted by molar-refractivity contribution is 6.25. The lowest BCUT2D eigenvalue weighted by Crippen LogP contribution is -2.39. The minimum absolute atomic E-state index is 0.0201. The average molecular weight is 538 g/mol. The number of anilines is 1. The molecule has 3 aliphatic carbocycles. The number of rotatable bonds is 5. The van der Waals surface area contributed by atoms with Gasteiger partial charge in [0.15, 0.2) is 23.1 Å². The third kappa shape index (κ3) is 3.86. The number of aromatic hydroxyl groups is 1. The van der Waals surface area contributed by atoms with Gasteiger partial charge in [-0.05, 0) is 80.5 Å². The highest BCUT2D eigenvalue weighted by Gasteiger charge is 2.56. The van der Waals surface area contributed by atoms with E-state index in [1.54, 1.807) is 19.1 Å². The van der Waals surface area contributed by atoms with Crippen LogP contribution < -0.4 is 9.64 Å². The first-order valence-electron chi connectivity index (χ1n) is 13.9. The van der Waals surface area contributed by atoms with E-state index in [1.165, 1.54) is 17.0 Å². The molecule has 2 aromatic rings. The average Bonchev–Trinajstić information content (AvgIpc) is 3.21. The van der Waals surface area contributed by atoms with Gasteiger partial charge < -0.3 is 9.84 Å². The number of carbonyl (C=O) groups excluding carboxylic acids is 4. The molecule has 4 aliphatic rings. The zero-order chi connectivity index (χ0) is 28.3. The van der Waals surface area contributed by atoms with Crippen molar-refractivity contribution < 1.29 is 29.0 Å². The maximum absolute atomic E-state index is 14.0. The van der Waals surface area contributed by atoms with Gasteiger partial charge in [0.1, 0.15) is 0 Å². The lowest BCUT2D eigenvalue weighted by Gasteiger charge is -2.42. The number of phenolic OH excluding ortho intramolecular Hbond substituents is 1. The Morgan fingerprint density at radius 2 is 1.73 bits per heavy atom. The fraction of sp³-hybridized carbons (Fsp3) is 0.333. The van der Waals surface area contributed by atoms with Crippen LogP contribution in [0, 0.1) is 17.8 Å². The summed E-state index contributed by atoms with van der Waals surface area (Å²) < 4.78 is 5.64. The Labute approximate surface area is 232 Å². The number of ether oxygens (including phenoxy) is 1. The van der Waals surface area contributed by atoms with Crippen LogP contribution in [0.3, 0.4) is 0 Å². The predicted molar refractivity (Wildman–Crippen MR) is 149 cm³/mol. The normalized spacial score (nSPS) is 25.8. The molecule has 1 N–H and O–H groups in total. The molecule has 0 unspecified atom stereocenters. The summed E-state index contributed by atoms with van der Waals surface area (Å²) in [6.07, 6.45) is 4.82. The third-order valence-corrected chi connectivity index (χ3v) is 8.78. The van der Waals surface area contributed by atoms with Crippen molar-refractivity contribution in [2.75, 3.05) is 11.5 Å². The van der Waals surface area contributed by atoms with Crippen LogP contribution in [0.4, 0.5) is 5.69 Å². The van der Waals surface area contributed by atoms with Gasteiger partial charge in [-0.15, -0.1) is 0 Å². The Morgan fingerprint density at radius 1 is 0.975 bits per heavy atom. The SMILES string of the molecule is CCOc1cc([C@H]2C3=CC[C@@H]4C(=O)N(c5ccc(CC)cc5)C(=O)[C@@H]4[C@@H]3CC3=C2C(=O)C(C)=CC3=O)ccc1O. The van der Waals surface area contributed by atoms with Gasteiger partial charge in [-0.25, -0.2) is 0 Å². The number of ketones is 2. The van der Waals surface area contributed by atoms with Crippen LogP contribution >= 0.6 is 0 Å². The van der Waals surface area contributed by atoms with E-state index in [9.17, 15) is 24.3 Å². The number of hydrogen-bond donors (Lipinski definition) is 1. The number of fused-ring (bicyclic) bond motifs is 3. The number of carbonyl (C=O) groups is 4. The van der Waals surface area contributed by atoms with E-state index in [0.717, 1.165) is 17.6 Å². The zero-order valence-corrected chi connectivity index (χ0v) is 22.8. The van der Waals surface area contributed by atoms with Crippen LogP contribution in [-0.2, 0) is 25.6 Å². The summed E-state index contributed by atoms with van der Waals surface area (Å²) >= 11 is 0. The van der Waals surface area contributed by atoms with E-state index in [-0.39, 0.29) is 41.3 Å². The van der Waals surface area contributed by atoms with Gasteiger partial charge in [-0.3, -0.25) is 24.1 Å². The maximum atomic E-state index is 14.0. The molecule has 6 rings (SSSR count). The molecular weight excluding hydrogens is 506 g/mol. The molecule has 1 fully saturated rings. The number of amides is 2. The van der Waals surface area contributed by atoms with Gasteiger partial charge >= 0.3 is 0 Å². The van der Waals surface area contributed by atoms with Gasteiger partial charge in [0.05, 0.1) is 24.1 Å².